The van der Waals surface area contributed by atoms with Crippen molar-refractivity contribution in [3.63, 3.8) is 0 Å². The molecule has 0 aromatic heterocycles. The Labute approximate surface area is 101 Å². The summed E-state index contributed by atoms with van der Waals surface area (Å²) in [4.78, 5) is 1.99. The first-order valence-corrected chi connectivity index (χ1v) is 5.96. The maximum Gasteiger partial charge on any atom is 0.167 e. The smallest absolute Gasteiger partial charge is 0.167 e. The Morgan fingerprint density at radius 2 is 2.18 bits per heavy atom. The van der Waals surface area contributed by atoms with Crippen molar-refractivity contribution in [1.82, 2.24) is 0 Å². The molecular formula is C13H19FN2O. The van der Waals surface area contributed by atoms with E-state index in [-0.39, 0.29) is 11.4 Å². The highest BCUT2D eigenvalue weighted by molar-refractivity contribution is 5.50. The first-order chi connectivity index (χ1) is 8.04. The molecule has 1 saturated carbocycles. The molecule has 0 spiro atoms. The first kappa shape index (κ1) is 12.2. The SMILES string of the molecule is CCOc1ccc(N(C)CC2(N)CC2)cc1F. The number of anilines is 1. The zero-order chi connectivity index (χ0) is 12.5. The predicted molar refractivity (Wildman–Crippen MR) is 67.0 cm³/mol. The molecule has 1 aromatic rings. The van der Waals surface area contributed by atoms with Crippen LogP contribution in [0.1, 0.15) is 19.8 Å². The van der Waals surface area contributed by atoms with E-state index in [0.29, 0.717) is 12.4 Å². The lowest BCUT2D eigenvalue weighted by atomic mass is 10.2. The Morgan fingerprint density at radius 3 is 2.71 bits per heavy atom. The second-order valence-corrected chi connectivity index (χ2v) is 4.77. The third-order valence-corrected chi connectivity index (χ3v) is 3.10. The lowest BCUT2D eigenvalue weighted by Crippen LogP contribution is -2.37. The van der Waals surface area contributed by atoms with E-state index in [1.165, 1.54) is 6.07 Å². The van der Waals surface area contributed by atoms with Crippen LogP contribution in [0.2, 0.25) is 0 Å². The van der Waals surface area contributed by atoms with Gasteiger partial charge in [-0.15, -0.1) is 0 Å². The molecule has 4 heteroatoms. The molecule has 0 amide bonds. The third kappa shape index (κ3) is 2.88. The molecule has 2 N–H and O–H groups in total. The second kappa shape index (κ2) is 4.53. The molecule has 0 atom stereocenters. The Morgan fingerprint density at radius 1 is 1.47 bits per heavy atom. The summed E-state index contributed by atoms with van der Waals surface area (Å²) < 4.78 is 18.8. The summed E-state index contributed by atoms with van der Waals surface area (Å²) in [5.41, 5.74) is 6.81. The molecule has 17 heavy (non-hydrogen) atoms. The summed E-state index contributed by atoms with van der Waals surface area (Å²) >= 11 is 0. The number of benzene rings is 1. The lowest BCUT2D eigenvalue weighted by Gasteiger charge is -2.23. The monoisotopic (exact) mass is 238 g/mol. The number of nitrogens with two attached hydrogens (primary N) is 1. The van der Waals surface area contributed by atoms with Crippen LogP contribution in [-0.4, -0.2) is 25.7 Å². The van der Waals surface area contributed by atoms with Gasteiger partial charge in [0.15, 0.2) is 11.6 Å². The number of likely N-dealkylation sites (N-methyl/N-ethyl adjacent to an activating group) is 1. The van der Waals surface area contributed by atoms with Crippen LogP contribution >= 0.6 is 0 Å². The van der Waals surface area contributed by atoms with Gasteiger partial charge in [0.05, 0.1) is 6.61 Å². The van der Waals surface area contributed by atoms with E-state index in [1.54, 1.807) is 6.07 Å². The summed E-state index contributed by atoms with van der Waals surface area (Å²) in [6, 6.07) is 5.03. The highest BCUT2D eigenvalue weighted by atomic mass is 19.1. The number of nitrogens with zero attached hydrogens (tertiary/aromatic N) is 1. The lowest BCUT2D eigenvalue weighted by molar-refractivity contribution is 0.321. The van der Waals surface area contributed by atoms with E-state index < -0.39 is 0 Å². The van der Waals surface area contributed by atoms with Crippen molar-refractivity contribution < 1.29 is 9.13 Å². The topological polar surface area (TPSA) is 38.5 Å². The first-order valence-electron chi connectivity index (χ1n) is 5.96. The molecule has 2 rings (SSSR count). The molecular weight excluding hydrogens is 219 g/mol. The highest BCUT2D eigenvalue weighted by Crippen LogP contribution is 2.34. The predicted octanol–water partition coefficient (Wildman–Crippen LogP) is 2.15. The summed E-state index contributed by atoms with van der Waals surface area (Å²) in [5, 5.41) is 0. The van der Waals surface area contributed by atoms with E-state index in [2.05, 4.69) is 0 Å². The Bertz CT molecular complexity index is 404. The highest BCUT2D eigenvalue weighted by Gasteiger charge is 2.39. The number of hydrogen-bond acceptors (Lipinski definition) is 3. The zero-order valence-corrected chi connectivity index (χ0v) is 10.4. The molecule has 0 radical (unpaired) electrons. The number of ether oxygens (including phenoxy) is 1. The maximum atomic E-state index is 13.7. The summed E-state index contributed by atoms with van der Waals surface area (Å²) in [5.74, 6) is -0.0170. The second-order valence-electron chi connectivity index (χ2n) is 4.77. The van der Waals surface area contributed by atoms with Gasteiger partial charge in [0.25, 0.3) is 0 Å². The van der Waals surface area contributed by atoms with E-state index >= 15 is 0 Å². The molecule has 3 nitrogen and oxygen atoms in total. The van der Waals surface area contributed by atoms with Gasteiger partial charge in [-0.1, -0.05) is 0 Å². The van der Waals surface area contributed by atoms with E-state index in [1.807, 2.05) is 24.9 Å². The molecule has 0 unspecified atom stereocenters. The average molecular weight is 238 g/mol. The Kier molecular flexibility index (Phi) is 3.24. The quantitative estimate of drug-likeness (QED) is 0.854. The number of halogens is 1. The Balaban J connectivity index is 2.07. The van der Waals surface area contributed by atoms with Crippen LogP contribution in [-0.2, 0) is 0 Å². The van der Waals surface area contributed by atoms with Gasteiger partial charge in [0, 0.05) is 30.9 Å². The van der Waals surface area contributed by atoms with Crippen molar-refractivity contribution in [2.45, 2.75) is 25.3 Å². The molecule has 1 fully saturated rings. The van der Waals surface area contributed by atoms with E-state index in [4.69, 9.17) is 10.5 Å². The standard InChI is InChI=1S/C13H19FN2O/c1-3-17-12-5-4-10(8-11(12)14)16(2)9-13(15)6-7-13/h4-5,8H,3,6-7,9,15H2,1-2H3. The van der Waals surface area contributed by atoms with Crippen molar-refractivity contribution >= 4 is 5.69 Å². The van der Waals surface area contributed by atoms with Crippen molar-refractivity contribution in [2.24, 2.45) is 5.73 Å². The number of hydrogen-bond donors (Lipinski definition) is 1. The molecule has 0 aliphatic heterocycles. The van der Waals surface area contributed by atoms with Gasteiger partial charge in [-0.05, 0) is 31.9 Å². The van der Waals surface area contributed by atoms with Crippen molar-refractivity contribution in [3.8, 4) is 5.75 Å². The van der Waals surface area contributed by atoms with Gasteiger partial charge in [-0.25, -0.2) is 4.39 Å². The van der Waals surface area contributed by atoms with Gasteiger partial charge < -0.3 is 15.4 Å². The fourth-order valence-electron chi connectivity index (χ4n) is 1.88. The molecule has 0 bridgehead atoms. The Hall–Kier alpha value is -1.29. The molecule has 0 saturated heterocycles. The van der Waals surface area contributed by atoms with E-state index in [9.17, 15) is 4.39 Å². The van der Waals surface area contributed by atoms with Gasteiger partial charge in [-0.2, -0.15) is 0 Å². The third-order valence-electron chi connectivity index (χ3n) is 3.10. The summed E-state index contributed by atoms with van der Waals surface area (Å²) in [6.45, 7) is 3.07. The summed E-state index contributed by atoms with van der Waals surface area (Å²) in [7, 11) is 1.93. The summed E-state index contributed by atoms with van der Waals surface area (Å²) in [6.07, 6.45) is 2.10. The van der Waals surface area contributed by atoms with Crippen LogP contribution in [0.4, 0.5) is 10.1 Å². The zero-order valence-electron chi connectivity index (χ0n) is 10.4. The normalized spacial score (nSPS) is 16.7. The molecule has 94 valence electrons. The van der Waals surface area contributed by atoms with Crippen molar-refractivity contribution in [1.29, 1.82) is 0 Å². The van der Waals surface area contributed by atoms with Gasteiger partial charge in [-0.3, -0.25) is 0 Å². The molecule has 1 aliphatic rings. The molecule has 1 aromatic carbocycles. The minimum Gasteiger partial charge on any atom is -0.491 e. The van der Waals surface area contributed by atoms with E-state index in [0.717, 1.165) is 25.1 Å². The van der Waals surface area contributed by atoms with Crippen LogP contribution in [0, 0.1) is 5.82 Å². The van der Waals surface area contributed by atoms with Gasteiger partial charge in [0.2, 0.25) is 0 Å². The van der Waals surface area contributed by atoms with Crippen molar-refractivity contribution in [3.05, 3.63) is 24.0 Å². The molecule has 0 heterocycles. The van der Waals surface area contributed by atoms with Crippen molar-refractivity contribution in [2.75, 3.05) is 25.1 Å². The van der Waals surface area contributed by atoms with Crippen LogP contribution in [0.25, 0.3) is 0 Å². The van der Waals surface area contributed by atoms with Gasteiger partial charge in [0.1, 0.15) is 0 Å². The number of rotatable bonds is 5. The van der Waals surface area contributed by atoms with Crippen LogP contribution in [0.15, 0.2) is 18.2 Å². The largest absolute Gasteiger partial charge is 0.491 e. The molecule has 1 aliphatic carbocycles. The minimum atomic E-state index is -0.321. The average Bonchev–Trinajstić information content (AvgIpc) is 2.99. The minimum absolute atomic E-state index is 0.0657. The van der Waals surface area contributed by atoms with Crippen LogP contribution < -0.4 is 15.4 Å². The fraction of sp³-hybridized carbons (Fsp3) is 0.538. The maximum absolute atomic E-state index is 13.7. The van der Waals surface area contributed by atoms with Crippen LogP contribution in [0.5, 0.6) is 5.75 Å². The van der Waals surface area contributed by atoms with Crippen LogP contribution in [0.3, 0.4) is 0 Å². The van der Waals surface area contributed by atoms with Gasteiger partial charge >= 0.3 is 0 Å². The fourth-order valence-corrected chi connectivity index (χ4v) is 1.88.